The van der Waals surface area contributed by atoms with Crippen molar-refractivity contribution in [1.82, 2.24) is 0 Å². The fourth-order valence-electron chi connectivity index (χ4n) is 2.34. The van der Waals surface area contributed by atoms with Crippen LogP contribution < -0.4 is 0 Å². The summed E-state index contributed by atoms with van der Waals surface area (Å²) in [6.45, 7) is 3.49. The molecule has 0 amide bonds. The second kappa shape index (κ2) is 8.72. The summed E-state index contributed by atoms with van der Waals surface area (Å²) in [6, 6.07) is 8.01. The minimum absolute atomic E-state index is 0.0246. The van der Waals surface area contributed by atoms with Gasteiger partial charge in [0, 0.05) is 0 Å². The van der Waals surface area contributed by atoms with Crippen molar-refractivity contribution in [1.29, 1.82) is 0 Å². The van der Waals surface area contributed by atoms with E-state index in [-0.39, 0.29) is 12.2 Å². The van der Waals surface area contributed by atoms with Gasteiger partial charge in [0.1, 0.15) is 12.2 Å². The van der Waals surface area contributed by atoms with Gasteiger partial charge in [-0.1, -0.05) is 24.3 Å². The molecule has 0 saturated carbocycles. The van der Waals surface area contributed by atoms with Crippen LogP contribution in [-0.2, 0) is 23.7 Å². The standard InChI is InChI=1S/C17H20O8/c1-3-9-23-17-12(19)11(18)13(14(25-17)16(21)22-2)24-15(20)10-7-5-4-6-8-10/h3-8,11-14,17-19H,1,9H2,2H3/t11-,12-,13+,14+,17-/m1/s1. The Labute approximate surface area is 144 Å². The van der Waals surface area contributed by atoms with Gasteiger partial charge in [0.15, 0.2) is 18.5 Å². The van der Waals surface area contributed by atoms with Crippen molar-refractivity contribution in [3.63, 3.8) is 0 Å². The van der Waals surface area contributed by atoms with E-state index < -0.39 is 42.6 Å². The first kappa shape index (κ1) is 19.1. The Bertz CT molecular complexity index is 602. The van der Waals surface area contributed by atoms with Crippen LogP contribution in [0, 0.1) is 0 Å². The van der Waals surface area contributed by atoms with Crippen molar-refractivity contribution in [2.24, 2.45) is 0 Å². The molecular weight excluding hydrogens is 332 g/mol. The molecule has 0 aliphatic carbocycles. The molecule has 0 radical (unpaired) electrons. The van der Waals surface area contributed by atoms with E-state index in [0.29, 0.717) is 0 Å². The summed E-state index contributed by atoms with van der Waals surface area (Å²) in [6.07, 6.45) is -5.94. The molecule has 1 aromatic rings. The summed E-state index contributed by atoms with van der Waals surface area (Å²) in [7, 11) is 1.12. The van der Waals surface area contributed by atoms with Crippen LogP contribution in [0.4, 0.5) is 0 Å². The lowest BCUT2D eigenvalue weighted by molar-refractivity contribution is -0.291. The van der Waals surface area contributed by atoms with E-state index in [1.165, 1.54) is 18.2 Å². The molecule has 136 valence electrons. The van der Waals surface area contributed by atoms with Gasteiger partial charge < -0.3 is 29.2 Å². The Kier molecular flexibility index (Phi) is 6.65. The number of esters is 2. The van der Waals surface area contributed by atoms with Gasteiger partial charge in [-0.05, 0) is 12.1 Å². The largest absolute Gasteiger partial charge is 0.467 e. The molecule has 0 unspecified atom stereocenters. The molecule has 1 saturated heterocycles. The first-order valence-electron chi connectivity index (χ1n) is 7.57. The molecule has 0 spiro atoms. The maximum atomic E-state index is 12.2. The van der Waals surface area contributed by atoms with Crippen LogP contribution >= 0.6 is 0 Å². The molecule has 1 aliphatic rings. The third-order valence-corrected chi connectivity index (χ3v) is 3.61. The molecule has 25 heavy (non-hydrogen) atoms. The zero-order valence-corrected chi connectivity index (χ0v) is 13.6. The van der Waals surface area contributed by atoms with E-state index in [4.69, 9.17) is 14.2 Å². The van der Waals surface area contributed by atoms with Crippen LogP contribution in [0.5, 0.6) is 0 Å². The Morgan fingerprint density at radius 2 is 1.92 bits per heavy atom. The normalized spacial score (nSPS) is 28.8. The Balaban J connectivity index is 2.19. The molecular formula is C17H20O8. The molecule has 8 nitrogen and oxygen atoms in total. The molecule has 0 bridgehead atoms. The van der Waals surface area contributed by atoms with Gasteiger partial charge in [0.2, 0.25) is 0 Å². The second-order valence-electron chi connectivity index (χ2n) is 5.29. The lowest BCUT2D eigenvalue weighted by atomic mass is 9.98. The van der Waals surface area contributed by atoms with Crippen LogP contribution in [-0.4, -0.2) is 66.6 Å². The monoisotopic (exact) mass is 352 g/mol. The zero-order valence-electron chi connectivity index (χ0n) is 13.6. The van der Waals surface area contributed by atoms with Crippen molar-refractivity contribution >= 4 is 11.9 Å². The minimum Gasteiger partial charge on any atom is -0.467 e. The Morgan fingerprint density at radius 3 is 2.52 bits per heavy atom. The van der Waals surface area contributed by atoms with Crippen LogP contribution in [0.2, 0.25) is 0 Å². The third kappa shape index (κ3) is 4.43. The number of hydrogen-bond donors (Lipinski definition) is 2. The van der Waals surface area contributed by atoms with Crippen LogP contribution in [0.25, 0.3) is 0 Å². The summed E-state index contributed by atoms with van der Waals surface area (Å²) in [5, 5.41) is 20.4. The Morgan fingerprint density at radius 1 is 1.24 bits per heavy atom. The minimum atomic E-state index is -1.61. The fraction of sp³-hybridized carbons (Fsp3) is 0.412. The van der Waals surface area contributed by atoms with Crippen LogP contribution in [0.1, 0.15) is 10.4 Å². The van der Waals surface area contributed by atoms with Crippen LogP contribution in [0.3, 0.4) is 0 Å². The predicted molar refractivity (Wildman–Crippen MR) is 84.5 cm³/mol. The number of ether oxygens (including phenoxy) is 4. The van der Waals surface area contributed by atoms with E-state index in [9.17, 15) is 19.8 Å². The van der Waals surface area contributed by atoms with Crippen molar-refractivity contribution in [2.75, 3.05) is 13.7 Å². The highest BCUT2D eigenvalue weighted by atomic mass is 16.7. The zero-order chi connectivity index (χ0) is 18.4. The number of carbonyl (C=O) groups excluding carboxylic acids is 2. The van der Waals surface area contributed by atoms with Crippen molar-refractivity contribution < 1.29 is 38.7 Å². The number of aliphatic hydroxyl groups excluding tert-OH is 2. The first-order valence-corrected chi connectivity index (χ1v) is 7.57. The molecule has 2 rings (SSSR count). The summed E-state index contributed by atoms with van der Waals surface area (Å²) in [5.41, 5.74) is 0.220. The van der Waals surface area contributed by atoms with Gasteiger partial charge in [-0.3, -0.25) is 0 Å². The average Bonchev–Trinajstić information content (AvgIpc) is 2.64. The summed E-state index contributed by atoms with van der Waals surface area (Å²) >= 11 is 0. The van der Waals surface area contributed by atoms with Gasteiger partial charge in [-0.2, -0.15) is 0 Å². The number of rotatable bonds is 6. The summed E-state index contributed by atoms with van der Waals surface area (Å²) in [4.78, 5) is 24.2. The highest BCUT2D eigenvalue weighted by Crippen LogP contribution is 2.26. The fourth-order valence-corrected chi connectivity index (χ4v) is 2.34. The quantitative estimate of drug-likeness (QED) is 0.545. The summed E-state index contributed by atoms with van der Waals surface area (Å²) in [5.74, 6) is -1.65. The number of aliphatic hydroxyl groups is 2. The predicted octanol–water partition coefficient (Wildman–Crippen LogP) is 0.0343. The highest BCUT2D eigenvalue weighted by molar-refractivity contribution is 5.89. The number of hydrogen-bond acceptors (Lipinski definition) is 8. The van der Waals surface area contributed by atoms with Gasteiger partial charge in [0.05, 0.1) is 19.3 Å². The molecule has 5 atom stereocenters. The molecule has 0 aromatic heterocycles. The average molecular weight is 352 g/mol. The lowest BCUT2D eigenvalue weighted by Gasteiger charge is -2.40. The van der Waals surface area contributed by atoms with Crippen molar-refractivity contribution in [2.45, 2.75) is 30.7 Å². The summed E-state index contributed by atoms with van der Waals surface area (Å²) < 4.78 is 20.3. The molecule has 1 aliphatic heterocycles. The maximum Gasteiger partial charge on any atom is 0.339 e. The van der Waals surface area contributed by atoms with Gasteiger partial charge >= 0.3 is 11.9 Å². The van der Waals surface area contributed by atoms with E-state index in [1.807, 2.05) is 0 Å². The van der Waals surface area contributed by atoms with E-state index in [1.54, 1.807) is 18.2 Å². The molecule has 1 heterocycles. The lowest BCUT2D eigenvalue weighted by Crippen LogP contribution is -2.61. The smallest absolute Gasteiger partial charge is 0.339 e. The number of methoxy groups -OCH3 is 1. The van der Waals surface area contributed by atoms with Gasteiger partial charge in [-0.25, -0.2) is 9.59 Å². The molecule has 8 heteroatoms. The van der Waals surface area contributed by atoms with Crippen molar-refractivity contribution in [3.8, 4) is 0 Å². The van der Waals surface area contributed by atoms with Gasteiger partial charge in [0.25, 0.3) is 0 Å². The van der Waals surface area contributed by atoms with E-state index in [2.05, 4.69) is 11.3 Å². The number of carbonyl (C=O) groups is 2. The van der Waals surface area contributed by atoms with Gasteiger partial charge in [-0.15, -0.1) is 6.58 Å². The molecule has 2 N–H and O–H groups in total. The first-order chi connectivity index (χ1) is 12.0. The van der Waals surface area contributed by atoms with E-state index >= 15 is 0 Å². The SMILES string of the molecule is C=CCO[C@@H]1O[C@H](C(=O)OC)[C@@H](OC(=O)c2ccccc2)[C@H](O)[C@H]1O. The number of benzene rings is 1. The highest BCUT2D eigenvalue weighted by Gasteiger charge is 2.50. The topological polar surface area (TPSA) is 112 Å². The van der Waals surface area contributed by atoms with E-state index in [0.717, 1.165) is 7.11 Å². The second-order valence-corrected chi connectivity index (χ2v) is 5.29. The van der Waals surface area contributed by atoms with Crippen molar-refractivity contribution in [3.05, 3.63) is 48.6 Å². The Hall–Kier alpha value is -2.26. The molecule has 1 aromatic carbocycles. The molecule has 1 fully saturated rings. The third-order valence-electron chi connectivity index (χ3n) is 3.61. The van der Waals surface area contributed by atoms with Crippen LogP contribution in [0.15, 0.2) is 43.0 Å². The maximum absolute atomic E-state index is 12.2.